The van der Waals surface area contributed by atoms with Gasteiger partial charge in [0.1, 0.15) is 18.2 Å². The number of hydrogen-bond donors (Lipinski definition) is 1. The van der Waals surface area contributed by atoms with Crippen molar-refractivity contribution in [3.05, 3.63) is 53.3 Å². The molecule has 9 heteroatoms. The monoisotopic (exact) mass is 459 g/mol. The molecular formula is C24H30FN3O5. The average molecular weight is 460 g/mol. The summed E-state index contributed by atoms with van der Waals surface area (Å²) in [6.07, 6.45) is 0.705. The second-order valence-corrected chi connectivity index (χ2v) is 8.77. The van der Waals surface area contributed by atoms with Crippen molar-refractivity contribution in [1.82, 2.24) is 15.2 Å². The van der Waals surface area contributed by atoms with Gasteiger partial charge in [-0.3, -0.25) is 9.69 Å². The molecule has 2 heterocycles. The van der Waals surface area contributed by atoms with E-state index in [4.69, 9.17) is 14.2 Å². The summed E-state index contributed by atoms with van der Waals surface area (Å²) < 4.78 is 30.8. The van der Waals surface area contributed by atoms with E-state index in [0.29, 0.717) is 24.9 Å². The smallest absolute Gasteiger partial charge is 0.410 e. The number of nitrogens with zero attached hydrogens (tertiary/aromatic N) is 2. The van der Waals surface area contributed by atoms with Gasteiger partial charge >= 0.3 is 6.09 Å². The van der Waals surface area contributed by atoms with Gasteiger partial charge in [0.05, 0.1) is 7.11 Å². The van der Waals surface area contributed by atoms with E-state index in [0.717, 1.165) is 5.56 Å². The number of ether oxygens (including phenoxy) is 3. The topological polar surface area (TPSA) is 90.0 Å². The molecule has 3 rings (SSSR count). The number of amides is 2. The first-order valence-corrected chi connectivity index (χ1v) is 10.9. The molecule has 33 heavy (non-hydrogen) atoms. The SMILES string of the molecule is COc1nc(OCc2ccccc2)c(F)cc1CNC(=O)[C@@H]1CCCN1C(=O)OC(C)(C)C. The average Bonchev–Trinajstić information content (AvgIpc) is 3.26. The highest BCUT2D eigenvalue weighted by Crippen LogP contribution is 2.25. The number of carbonyl (C=O) groups excluding carboxylic acids is 2. The lowest BCUT2D eigenvalue weighted by atomic mass is 10.2. The van der Waals surface area contributed by atoms with Crippen LogP contribution in [0.1, 0.15) is 44.7 Å². The van der Waals surface area contributed by atoms with E-state index in [1.807, 2.05) is 30.3 Å². The van der Waals surface area contributed by atoms with Crippen LogP contribution in [0.25, 0.3) is 0 Å². The number of pyridine rings is 1. The lowest BCUT2D eigenvalue weighted by molar-refractivity contribution is -0.125. The fraction of sp³-hybridized carbons (Fsp3) is 0.458. The van der Waals surface area contributed by atoms with Gasteiger partial charge in [-0.15, -0.1) is 0 Å². The van der Waals surface area contributed by atoms with E-state index in [1.165, 1.54) is 18.1 Å². The molecule has 1 saturated heterocycles. The summed E-state index contributed by atoms with van der Waals surface area (Å²) in [5.74, 6) is -1.04. The Morgan fingerprint density at radius 1 is 1.21 bits per heavy atom. The van der Waals surface area contributed by atoms with Crippen molar-refractivity contribution < 1.29 is 28.2 Å². The summed E-state index contributed by atoms with van der Waals surface area (Å²) in [6.45, 7) is 5.92. The largest absolute Gasteiger partial charge is 0.481 e. The van der Waals surface area contributed by atoms with Crippen LogP contribution < -0.4 is 14.8 Å². The van der Waals surface area contributed by atoms with Crippen molar-refractivity contribution in [2.45, 2.75) is 58.4 Å². The lowest BCUT2D eigenvalue weighted by Gasteiger charge is -2.28. The summed E-state index contributed by atoms with van der Waals surface area (Å²) in [6, 6.07) is 9.92. The second kappa shape index (κ2) is 10.5. The van der Waals surface area contributed by atoms with Gasteiger partial charge in [-0.05, 0) is 45.2 Å². The Bertz CT molecular complexity index is 978. The summed E-state index contributed by atoms with van der Waals surface area (Å²) in [4.78, 5) is 30.7. The number of likely N-dealkylation sites (tertiary alicyclic amines) is 1. The molecule has 0 unspecified atom stereocenters. The standard InChI is InChI=1S/C24H30FN3O5/c1-24(2,3)33-23(30)28-12-8-11-19(28)20(29)26-14-17-13-18(25)22(27-21(17)31-4)32-15-16-9-6-5-7-10-16/h5-7,9-10,13,19H,8,11-12,14-15H2,1-4H3,(H,26,29)/t19-/m0/s1. The minimum atomic E-state index is -0.660. The van der Waals surface area contributed by atoms with E-state index in [2.05, 4.69) is 10.3 Å². The molecule has 0 aliphatic carbocycles. The number of nitrogens with one attached hydrogen (secondary N) is 1. The van der Waals surface area contributed by atoms with Crippen LogP contribution in [0.4, 0.5) is 9.18 Å². The van der Waals surface area contributed by atoms with Crippen molar-refractivity contribution in [2.75, 3.05) is 13.7 Å². The van der Waals surface area contributed by atoms with Gasteiger partial charge in [0.25, 0.3) is 5.88 Å². The number of methoxy groups -OCH3 is 1. The van der Waals surface area contributed by atoms with Gasteiger partial charge in [0.2, 0.25) is 11.8 Å². The van der Waals surface area contributed by atoms with Gasteiger partial charge in [0, 0.05) is 18.7 Å². The fourth-order valence-electron chi connectivity index (χ4n) is 3.50. The van der Waals surface area contributed by atoms with Crippen molar-refractivity contribution in [1.29, 1.82) is 0 Å². The van der Waals surface area contributed by atoms with Crippen molar-refractivity contribution >= 4 is 12.0 Å². The van der Waals surface area contributed by atoms with E-state index in [9.17, 15) is 14.0 Å². The van der Waals surface area contributed by atoms with Crippen LogP contribution in [0.5, 0.6) is 11.8 Å². The number of hydrogen-bond acceptors (Lipinski definition) is 6. The van der Waals surface area contributed by atoms with Gasteiger partial charge in [-0.1, -0.05) is 30.3 Å². The third-order valence-electron chi connectivity index (χ3n) is 5.03. The van der Waals surface area contributed by atoms with Gasteiger partial charge in [0.15, 0.2) is 5.82 Å². The Kier molecular flexibility index (Phi) is 7.73. The Morgan fingerprint density at radius 2 is 1.94 bits per heavy atom. The zero-order valence-electron chi connectivity index (χ0n) is 19.4. The van der Waals surface area contributed by atoms with Crippen LogP contribution in [0.2, 0.25) is 0 Å². The first-order chi connectivity index (χ1) is 15.7. The van der Waals surface area contributed by atoms with Gasteiger partial charge in [-0.25, -0.2) is 9.18 Å². The Balaban J connectivity index is 1.63. The minimum absolute atomic E-state index is 0.0104. The first kappa shape index (κ1) is 24.3. The highest BCUT2D eigenvalue weighted by atomic mass is 19.1. The molecule has 1 aliphatic heterocycles. The molecule has 1 aromatic heterocycles. The van der Waals surface area contributed by atoms with Crippen LogP contribution in [-0.4, -0.2) is 47.2 Å². The van der Waals surface area contributed by atoms with Crippen LogP contribution in [0, 0.1) is 5.82 Å². The molecule has 8 nitrogen and oxygen atoms in total. The highest BCUT2D eigenvalue weighted by Gasteiger charge is 2.36. The number of carbonyl (C=O) groups is 2. The summed E-state index contributed by atoms with van der Waals surface area (Å²) in [5, 5.41) is 2.75. The van der Waals surface area contributed by atoms with Crippen LogP contribution in [0.3, 0.4) is 0 Å². The van der Waals surface area contributed by atoms with E-state index >= 15 is 0 Å². The molecule has 1 atom stereocenters. The van der Waals surface area contributed by atoms with E-state index in [-0.39, 0.29) is 30.8 Å². The molecule has 0 bridgehead atoms. The molecule has 0 saturated carbocycles. The quantitative estimate of drug-likeness (QED) is 0.677. The molecule has 1 N–H and O–H groups in total. The number of aromatic nitrogens is 1. The fourth-order valence-corrected chi connectivity index (χ4v) is 3.50. The normalized spacial score (nSPS) is 15.8. The third-order valence-corrected chi connectivity index (χ3v) is 5.03. The summed E-state index contributed by atoms with van der Waals surface area (Å²) >= 11 is 0. The highest BCUT2D eigenvalue weighted by molar-refractivity contribution is 5.86. The minimum Gasteiger partial charge on any atom is -0.481 e. The summed E-state index contributed by atoms with van der Waals surface area (Å²) in [5.41, 5.74) is 0.582. The molecule has 1 aromatic carbocycles. The predicted octanol–water partition coefficient (Wildman–Crippen LogP) is 3.82. The number of benzene rings is 1. The molecule has 1 fully saturated rings. The molecular weight excluding hydrogens is 429 g/mol. The van der Waals surface area contributed by atoms with Crippen LogP contribution in [0.15, 0.2) is 36.4 Å². The zero-order chi connectivity index (χ0) is 24.0. The van der Waals surface area contributed by atoms with Gasteiger partial charge < -0.3 is 19.5 Å². The molecule has 2 amide bonds. The van der Waals surface area contributed by atoms with Gasteiger partial charge in [-0.2, -0.15) is 4.98 Å². The molecule has 2 aromatic rings. The first-order valence-electron chi connectivity index (χ1n) is 10.9. The Labute approximate surface area is 193 Å². The summed E-state index contributed by atoms with van der Waals surface area (Å²) in [7, 11) is 1.41. The van der Waals surface area contributed by atoms with E-state index in [1.54, 1.807) is 20.8 Å². The maximum absolute atomic E-state index is 14.6. The maximum atomic E-state index is 14.6. The third kappa shape index (κ3) is 6.57. The Morgan fingerprint density at radius 3 is 2.61 bits per heavy atom. The molecule has 1 aliphatic rings. The zero-order valence-corrected chi connectivity index (χ0v) is 19.4. The van der Waals surface area contributed by atoms with E-state index < -0.39 is 23.6 Å². The molecule has 178 valence electrons. The Hall–Kier alpha value is -3.36. The second-order valence-electron chi connectivity index (χ2n) is 8.77. The maximum Gasteiger partial charge on any atom is 0.410 e. The number of rotatable bonds is 7. The van der Waals surface area contributed by atoms with Crippen molar-refractivity contribution in [3.8, 4) is 11.8 Å². The predicted molar refractivity (Wildman–Crippen MR) is 119 cm³/mol. The van der Waals surface area contributed by atoms with Crippen molar-refractivity contribution in [2.24, 2.45) is 0 Å². The van der Waals surface area contributed by atoms with Crippen LogP contribution >= 0.6 is 0 Å². The number of halogens is 1. The lowest BCUT2D eigenvalue weighted by Crippen LogP contribution is -2.47. The molecule has 0 radical (unpaired) electrons. The van der Waals surface area contributed by atoms with Crippen molar-refractivity contribution in [3.63, 3.8) is 0 Å². The van der Waals surface area contributed by atoms with Crippen LogP contribution in [-0.2, 0) is 22.7 Å². The molecule has 0 spiro atoms.